The molecule has 4 nitrogen and oxygen atoms in total. The van der Waals surface area contributed by atoms with Gasteiger partial charge in [0.15, 0.2) is 0 Å². The molecular weight excluding hydrogens is 312 g/mol. The Morgan fingerprint density at radius 1 is 1.13 bits per heavy atom. The predicted molar refractivity (Wildman–Crippen MR) is 90.9 cm³/mol. The van der Waals surface area contributed by atoms with Crippen LogP contribution in [0.15, 0.2) is 54.6 Å². The van der Waals surface area contributed by atoms with E-state index >= 15 is 0 Å². The van der Waals surface area contributed by atoms with Crippen molar-refractivity contribution in [2.24, 2.45) is 5.92 Å². The molecule has 1 N–H and O–H groups in total. The van der Waals surface area contributed by atoms with Gasteiger partial charge >= 0.3 is 0 Å². The van der Waals surface area contributed by atoms with E-state index in [1.54, 1.807) is 12.1 Å². The summed E-state index contributed by atoms with van der Waals surface area (Å²) in [5.74, 6) is 0.511. The van der Waals surface area contributed by atoms with E-state index < -0.39 is 0 Å². The minimum atomic E-state index is -0.309. The number of para-hydroxylation sites is 2. The SMILES string of the molecule is O=[N+]([O-])c1ccccc1[C@H]1Nc2c(Cl)cccc2[C@H]2C=CC[C@H]21. The summed E-state index contributed by atoms with van der Waals surface area (Å²) in [6, 6.07) is 12.7. The number of allylic oxidation sites excluding steroid dienone is 2. The van der Waals surface area contributed by atoms with Crippen molar-refractivity contribution in [1.29, 1.82) is 0 Å². The van der Waals surface area contributed by atoms with Gasteiger partial charge in [-0.2, -0.15) is 0 Å². The maximum Gasteiger partial charge on any atom is 0.274 e. The van der Waals surface area contributed by atoms with E-state index in [9.17, 15) is 10.1 Å². The Morgan fingerprint density at radius 3 is 2.74 bits per heavy atom. The average molecular weight is 327 g/mol. The lowest BCUT2D eigenvalue weighted by molar-refractivity contribution is -0.385. The van der Waals surface area contributed by atoms with Gasteiger partial charge in [0, 0.05) is 12.0 Å². The third-order valence-corrected chi connectivity index (χ3v) is 5.13. The van der Waals surface area contributed by atoms with Gasteiger partial charge < -0.3 is 5.32 Å². The zero-order chi connectivity index (χ0) is 16.0. The molecule has 1 aliphatic heterocycles. The van der Waals surface area contributed by atoms with Crippen LogP contribution in [0, 0.1) is 16.0 Å². The minimum absolute atomic E-state index is 0.121. The number of hydrogen-bond acceptors (Lipinski definition) is 3. The summed E-state index contributed by atoms with van der Waals surface area (Å²) in [4.78, 5) is 11.1. The maximum absolute atomic E-state index is 11.4. The molecule has 0 unspecified atom stereocenters. The number of rotatable bonds is 2. The van der Waals surface area contributed by atoms with Crippen LogP contribution in [-0.2, 0) is 0 Å². The summed E-state index contributed by atoms with van der Waals surface area (Å²) >= 11 is 6.37. The van der Waals surface area contributed by atoms with Crippen molar-refractivity contribution in [1.82, 2.24) is 0 Å². The molecular formula is C18H15ClN2O2. The molecule has 0 saturated carbocycles. The summed E-state index contributed by atoms with van der Waals surface area (Å²) in [7, 11) is 0. The lowest BCUT2D eigenvalue weighted by Crippen LogP contribution is -2.29. The van der Waals surface area contributed by atoms with Crippen molar-refractivity contribution in [2.75, 3.05) is 5.32 Å². The Bertz CT molecular complexity index is 818. The molecule has 1 heterocycles. The summed E-state index contributed by atoms with van der Waals surface area (Å²) in [5, 5.41) is 15.5. The Balaban J connectivity index is 1.86. The molecule has 116 valence electrons. The number of hydrogen-bond donors (Lipinski definition) is 1. The Labute approximate surface area is 138 Å². The van der Waals surface area contributed by atoms with Gasteiger partial charge in [-0.25, -0.2) is 0 Å². The monoisotopic (exact) mass is 326 g/mol. The standard InChI is InChI=1S/C18H15ClN2O2/c19-15-9-4-8-13-11-6-3-7-12(11)17(20-18(13)15)14-5-1-2-10-16(14)21(22)23/h1-6,8-12,17,20H,7H2/t11-,12+,17-/m0/s1. The van der Waals surface area contributed by atoms with Crippen LogP contribution in [0.1, 0.15) is 29.5 Å². The number of nitro groups is 1. The fourth-order valence-corrected chi connectivity index (χ4v) is 4.04. The number of halogens is 1. The van der Waals surface area contributed by atoms with Crippen molar-refractivity contribution in [3.8, 4) is 0 Å². The fourth-order valence-electron chi connectivity index (χ4n) is 3.81. The summed E-state index contributed by atoms with van der Waals surface area (Å²) in [6.45, 7) is 0. The number of fused-ring (bicyclic) bond motifs is 3. The van der Waals surface area contributed by atoms with Crippen molar-refractivity contribution >= 4 is 23.0 Å². The third-order valence-electron chi connectivity index (χ3n) is 4.81. The van der Waals surface area contributed by atoms with Crippen LogP contribution in [0.3, 0.4) is 0 Å². The predicted octanol–water partition coefficient (Wildman–Crippen LogP) is 5.07. The first-order valence-corrected chi connectivity index (χ1v) is 7.99. The van der Waals surface area contributed by atoms with Gasteiger partial charge in [-0.3, -0.25) is 10.1 Å². The van der Waals surface area contributed by atoms with Crippen molar-refractivity contribution < 1.29 is 4.92 Å². The van der Waals surface area contributed by atoms with Crippen LogP contribution >= 0.6 is 11.6 Å². The van der Waals surface area contributed by atoms with Gasteiger partial charge in [0.2, 0.25) is 0 Å². The van der Waals surface area contributed by atoms with Crippen LogP contribution in [0.4, 0.5) is 11.4 Å². The van der Waals surface area contributed by atoms with E-state index in [0.29, 0.717) is 5.02 Å². The highest BCUT2D eigenvalue weighted by atomic mass is 35.5. The molecule has 0 bridgehead atoms. The summed E-state index contributed by atoms with van der Waals surface area (Å²) in [5.41, 5.74) is 2.95. The Morgan fingerprint density at radius 2 is 1.91 bits per heavy atom. The van der Waals surface area contributed by atoms with Crippen molar-refractivity contribution in [2.45, 2.75) is 18.4 Å². The number of benzene rings is 2. The van der Waals surface area contributed by atoms with Crippen molar-refractivity contribution in [3.63, 3.8) is 0 Å². The minimum Gasteiger partial charge on any atom is -0.376 e. The summed E-state index contributed by atoms with van der Waals surface area (Å²) < 4.78 is 0. The maximum atomic E-state index is 11.4. The van der Waals surface area contributed by atoms with E-state index in [1.807, 2.05) is 24.3 Å². The molecule has 2 aromatic carbocycles. The normalized spacial score (nSPS) is 24.7. The molecule has 0 spiro atoms. The van der Waals surface area contributed by atoms with Gasteiger partial charge in [-0.15, -0.1) is 0 Å². The second-order valence-electron chi connectivity index (χ2n) is 6.00. The van der Waals surface area contributed by atoms with Gasteiger partial charge in [0.25, 0.3) is 5.69 Å². The summed E-state index contributed by atoms with van der Waals surface area (Å²) in [6.07, 6.45) is 5.26. The van der Waals surface area contributed by atoms with E-state index in [0.717, 1.165) is 17.7 Å². The topological polar surface area (TPSA) is 55.2 Å². The first kappa shape index (κ1) is 14.3. The molecule has 4 rings (SSSR count). The lowest BCUT2D eigenvalue weighted by atomic mass is 9.76. The van der Waals surface area contributed by atoms with E-state index in [4.69, 9.17) is 11.6 Å². The van der Waals surface area contributed by atoms with Crippen LogP contribution in [-0.4, -0.2) is 4.92 Å². The molecule has 0 amide bonds. The fraction of sp³-hybridized carbons (Fsp3) is 0.222. The van der Waals surface area contributed by atoms with Crippen LogP contribution in [0.2, 0.25) is 5.02 Å². The Kier molecular flexibility index (Phi) is 3.34. The van der Waals surface area contributed by atoms with Crippen LogP contribution in [0.5, 0.6) is 0 Å². The second-order valence-corrected chi connectivity index (χ2v) is 6.40. The van der Waals surface area contributed by atoms with E-state index in [-0.39, 0.29) is 28.5 Å². The highest BCUT2D eigenvalue weighted by molar-refractivity contribution is 6.33. The number of anilines is 1. The highest BCUT2D eigenvalue weighted by Gasteiger charge is 2.40. The number of nitro benzene ring substituents is 1. The smallest absolute Gasteiger partial charge is 0.274 e. The molecule has 0 radical (unpaired) electrons. The van der Waals surface area contributed by atoms with E-state index in [1.165, 1.54) is 5.56 Å². The molecule has 0 aromatic heterocycles. The molecule has 0 fully saturated rings. The average Bonchev–Trinajstić information content (AvgIpc) is 3.04. The van der Waals surface area contributed by atoms with E-state index in [2.05, 4.69) is 23.5 Å². The zero-order valence-corrected chi connectivity index (χ0v) is 13.0. The van der Waals surface area contributed by atoms with Crippen LogP contribution < -0.4 is 5.32 Å². The van der Waals surface area contributed by atoms with Gasteiger partial charge in [-0.1, -0.05) is 54.1 Å². The largest absolute Gasteiger partial charge is 0.376 e. The zero-order valence-electron chi connectivity index (χ0n) is 12.3. The van der Waals surface area contributed by atoms with Crippen molar-refractivity contribution in [3.05, 3.63) is 80.9 Å². The Hall–Kier alpha value is -2.33. The number of nitrogens with one attached hydrogen (secondary N) is 1. The molecule has 0 saturated heterocycles. The quantitative estimate of drug-likeness (QED) is 0.476. The second kappa shape index (κ2) is 5.39. The molecule has 3 atom stereocenters. The third kappa shape index (κ3) is 2.21. The molecule has 5 heteroatoms. The van der Waals surface area contributed by atoms with Gasteiger partial charge in [-0.05, 0) is 24.0 Å². The van der Waals surface area contributed by atoms with Gasteiger partial charge in [0.1, 0.15) is 0 Å². The van der Waals surface area contributed by atoms with Gasteiger partial charge in [0.05, 0.1) is 27.2 Å². The van der Waals surface area contributed by atoms with Crippen LogP contribution in [0.25, 0.3) is 0 Å². The lowest BCUT2D eigenvalue weighted by Gasteiger charge is -2.37. The molecule has 2 aliphatic rings. The molecule has 2 aromatic rings. The molecule has 1 aliphatic carbocycles. The number of nitrogens with zero attached hydrogens (tertiary/aromatic N) is 1. The first-order valence-electron chi connectivity index (χ1n) is 7.61. The first-order chi connectivity index (χ1) is 11.2. The highest BCUT2D eigenvalue weighted by Crippen LogP contribution is 2.52. The molecule has 23 heavy (non-hydrogen) atoms.